The summed E-state index contributed by atoms with van der Waals surface area (Å²) in [6.45, 7) is 2.21. The molecule has 1 saturated heterocycles. The molecule has 6 nitrogen and oxygen atoms in total. The molecule has 1 fully saturated rings. The van der Waals surface area contributed by atoms with Crippen molar-refractivity contribution in [2.45, 2.75) is 38.1 Å². The predicted octanol–water partition coefficient (Wildman–Crippen LogP) is 1.96. The molecule has 0 bridgehead atoms. The second kappa shape index (κ2) is 5.63. The molecule has 1 aromatic carbocycles. The van der Waals surface area contributed by atoms with Gasteiger partial charge in [-0.15, -0.1) is 0 Å². The van der Waals surface area contributed by atoms with Crippen molar-refractivity contribution in [1.82, 2.24) is 4.90 Å². The Bertz CT molecular complexity index is 571. The summed E-state index contributed by atoms with van der Waals surface area (Å²) in [6, 6.07) is 4.10. The van der Waals surface area contributed by atoms with E-state index in [-0.39, 0.29) is 5.56 Å². The minimum absolute atomic E-state index is 0.0707. The van der Waals surface area contributed by atoms with Crippen LogP contribution in [0, 0.1) is 0 Å². The normalized spacial score (nSPS) is 21.5. The van der Waals surface area contributed by atoms with Gasteiger partial charge in [-0.1, -0.05) is 19.4 Å². The molecule has 0 radical (unpaired) electrons. The number of carbonyl (C=O) groups excluding carboxylic acids is 1. The van der Waals surface area contributed by atoms with E-state index in [1.807, 2.05) is 6.92 Å². The maximum atomic E-state index is 12.6. The van der Waals surface area contributed by atoms with Crippen molar-refractivity contribution in [3.63, 3.8) is 0 Å². The molecule has 21 heavy (non-hydrogen) atoms. The third-order valence-electron chi connectivity index (χ3n) is 4.04. The minimum Gasteiger partial charge on any atom is -0.504 e. The van der Waals surface area contributed by atoms with Gasteiger partial charge in [-0.05, 0) is 31.4 Å². The first-order chi connectivity index (χ1) is 9.94. The molecule has 0 aromatic heterocycles. The maximum absolute atomic E-state index is 12.6. The number of phenols is 2. The third kappa shape index (κ3) is 2.41. The molecular weight excluding hydrogens is 274 g/mol. The quantitative estimate of drug-likeness (QED) is 0.737. The fraction of sp³-hybridized carbons (Fsp3) is 0.467. The number of phenolic OH excluding ortho intramolecular Hbond substituents is 2. The number of likely N-dealkylation sites (tertiary alicyclic amines) is 1. The second-order valence-electron chi connectivity index (χ2n) is 5.32. The molecule has 2 rings (SSSR count). The molecule has 1 aromatic rings. The summed E-state index contributed by atoms with van der Waals surface area (Å²) in [6.07, 6.45) is 2.02. The Balaban J connectivity index is 2.41. The molecule has 114 valence electrons. The first-order valence-electron chi connectivity index (χ1n) is 7.00. The van der Waals surface area contributed by atoms with Crippen LogP contribution in [0.1, 0.15) is 43.0 Å². The molecule has 1 amide bonds. The number of benzene rings is 1. The number of carboxylic acids is 1. The number of aromatic hydroxyl groups is 2. The number of hydrogen-bond acceptors (Lipinski definition) is 4. The van der Waals surface area contributed by atoms with Crippen LogP contribution in [0.4, 0.5) is 0 Å². The van der Waals surface area contributed by atoms with Crippen LogP contribution in [0.5, 0.6) is 11.5 Å². The van der Waals surface area contributed by atoms with Crippen LogP contribution in [0.2, 0.25) is 0 Å². The van der Waals surface area contributed by atoms with Gasteiger partial charge in [0.05, 0.1) is 5.56 Å². The van der Waals surface area contributed by atoms with E-state index in [4.69, 9.17) is 0 Å². The highest BCUT2D eigenvalue weighted by atomic mass is 16.4. The van der Waals surface area contributed by atoms with Gasteiger partial charge in [-0.3, -0.25) is 4.79 Å². The predicted molar refractivity (Wildman–Crippen MR) is 75.3 cm³/mol. The molecule has 0 saturated carbocycles. The highest BCUT2D eigenvalue weighted by Crippen LogP contribution is 2.37. The van der Waals surface area contributed by atoms with Gasteiger partial charge in [0.25, 0.3) is 5.91 Å². The Morgan fingerprint density at radius 2 is 2.05 bits per heavy atom. The zero-order valence-corrected chi connectivity index (χ0v) is 11.9. The van der Waals surface area contributed by atoms with Crippen molar-refractivity contribution in [2.24, 2.45) is 0 Å². The van der Waals surface area contributed by atoms with E-state index in [1.54, 1.807) is 0 Å². The zero-order valence-electron chi connectivity index (χ0n) is 11.9. The molecular formula is C15H19NO5. The van der Waals surface area contributed by atoms with Crippen molar-refractivity contribution < 1.29 is 24.9 Å². The minimum atomic E-state index is -1.22. The smallest absolute Gasteiger partial charge is 0.329 e. The van der Waals surface area contributed by atoms with Gasteiger partial charge < -0.3 is 20.2 Å². The van der Waals surface area contributed by atoms with E-state index < -0.39 is 28.9 Å². The first kappa shape index (κ1) is 15.2. The average molecular weight is 293 g/mol. The number of carboxylic acid groups (broad SMARTS) is 1. The lowest BCUT2D eigenvalue weighted by Crippen LogP contribution is -2.53. The number of nitrogens with zero attached hydrogens (tertiary/aromatic N) is 1. The monoisotopic (exact) mass is 293 g/mol. The Hall–Kier alpha value is -2.24. The largest absolute Gasteiger partial charge is 0.504 e. The summed E-state index contributed by atoms with van der Waals surface area (Å²) in [7, 11) is 0. The summed E-state index contributed by atoms with van der Waals surface area (Å²) >= 11 is 0. The van der Waals surface area contributed by atoms with Gasteiger partial charge in [0.15, 0.2) is 11.5 Å². The SMILES string of the molecule is CCCC1(C(=O)O)CCCN1C(=O)c1cccc(O)c1O. The number of hydrogen-bond donors (Lipinski definition) is 3. The number of amides is 1. The molecule has 0 spiro atoms. The first-order valence-corrected chi connectivity index (χ1v) is 7.00. The van der Waals surface area contributed by atoms with E-state index in [9.17, 15) is 24.9 Å². The van der Waals surface area contributed by atoms with Gasteiger partial charge in [-0.25, -0.2) is 4.79 Å². The molecule has 1 aliphatic heterocycles. The van der Waals surface area contributed by atoms with Gasteiger partial charge in [0.1, 0.15) is 5.54 Å². The van der Waals surface area contributed by atoms with Crippen LogP contribution in [0.25, 0.3) is 0 Å². The molecule has 6 heteroatoms. The number of para-hydroxylation sites is 1. The van der Waals surface area contributed by atoms with Crippen molar-refractivity contribution in [2.75, 3.05) is 6.54 Å². The van der Waals surface area contributed by atoms with Gasteiger partial charge in [-0.2, -0.15) is 0 Å². The van der Waals surface area contributed by atoms with E-state index >= 15 is 0 Å². The second-order valence-corrected chi connectivity index (χ2v) is 5.32. The molecule has 3 N–H and O–H groups in total. The fourth-order valence-corrected chi connectivity index (χ4v) is 3.03. The number of rotatable bonds is 4. The molecule has 1 heterocycles. The lowest BCUT2D eigenvalue weighted by Gasteiger charge is -2.34. The van der Waals surface area contributed by atoms with Crippen LogP contribution >= 0.6 is 0 Å². The summed E-state index contributed by atoms with van der Waals surface area (Å²) in [5.74, 6) is -2.48. The number of aliphatic carboxylic acids is 1. The van der Waals surface area contributed by atoms with E-state index in [0.29, 0.717) is 32.2 Å². The van der Waals surface area contributed by atoms with Crippen molar-refractivity contribution >= 4 is 11.9 Å². The Kier molecular flexibility index (Phi) is 4.06. The van der Waals surface area contributed by atoms with Crippen molar-refractivity contribution in [1.29, 1.82) is 0 Å². The zero-order chi connectivity index (χ0) is 15.6. The summed E-state index contributed by atoms with van der Waals surface area (Å²) in [5.41, 5.74) is -1.29. The lowest BCUT2D eigenvalue weighted by molar-refractivity contribution is -0.148. The van der Waals surface area contributed by atoms with Gasteiger partial charge >= 0.3 is 5.97 Å². The number of carbonyl (C=O) groups is 2. The van der Waals surface area contributed by atoms with Crippen LogP contribution in [-0.4, -0.2) is 44.2 Å². The third-order valence-corrected chi connectivity index (χ3v) is 4.04. The van der Waals surface area contributed by atoms with Crippen LogP contribution in [-0.2, 0) is 4.79 Å². The average Bonchev–Trinajstić information content (AvgIpc) is 2.86. The van der Waals surface area contributed by atoms with Crippen LogP contribution in [0.3, 0.4) is 0 Å². The van der Waals surface area contributed by atoms with E-state index in [0.717, 1.165) is 0 Å². The summed E-state index contributed by atoms with van der Waals surface area (Å²) < 4.78 is 0. The maximum Gasteiger partial charge on any atom is 0.329 e. The highest BCUT2D eigenvalue weighted by Gasteiger charge is 2.49. The van der Waals surface area contributed by atoms with Gasteiger partial charge in [0, 0.05) is 6.54 Å². The standard InChI is InChI=1S/C15H19NO5/c1-2-7-15(14(20)21)8-4-9-16(15)13(19)10-5-3-6-11(17)12(10)18/h3,5-6,17-18H,2,4,7-9H2,1H3,(H,20,21). The van der Waals surface area contributed by atoms with E-state index in [2.05, 4.69) is 0 Å². The molecule has 1 unspecified atom stereocenters. The van der Waals surface area contributed by atoms with E-state index in [1.165, 1.54) is 23.1 Å². The van der Waals surface area contributed by atoms with Crippen LogP contribution in [0.15, 0.2) is 18.2 Å². The lowest BCUT2D eigenvalue weighted by atomic mass is 9.90. The Morgan fingerprint density at radius 3 is 2.67 bits per heavy atom. The molecule has 1 aliphatic rings. The summed E-state index contributed by atoms with van der Waals surface area (Å²) in [5, 5.41) is 28.9. The Labute approximate surface area is 122 Å². The van der Waals surface area contributed by atoms with Crippen LogP contribution < -0.4 is 0 Å². The highest BCUT2D eigenvalue weighted by molar-refractivity contribution is 6.00. The molecule has 0 aliphatic carbocycles. The fourth-order valence-electron chi connectivity index (χ4n) is 3.03. The summed E-state index contributed by atoms with van der Waals surface area (Å²) in [4.78, 5) is 25.6. The Morgan fingerprint density at radius 1 is 1.33 bits per heavy atom. The van der Waals surface area contributed by atoms with Crippen molar-refractivity contribution in [3.8, 4) is 11.5 Å². The van der Waals surface area contributed by atoms with Gasteiger partial charge in [0.2, 0.25) is 0 Å². The van der Waals surface area contributed by atoms with Crippen molar-refractivity contribution in [3.05, 3.63) is 23.8 Å². The molecule has 1 atom stereocenters. The topological polar surface area (TPSA) is 98.1 Å².